The molecule has 0 spiro atoms. The summed E-state index contributed by atoms with van der Waals surface area (Å²) in [5.41, 5.74) is 0. The van der Waals surface area contributed by atoms with Crippen molar-refractivity contribution in [3.8, 4) is 0 Å². The predicted octanol–water partition coefficient (Wildman–Crippen LogP) is 23.2. The third-order valence-electron chi connectivity index (χ3n) is 14.5. The first-order valence-electron chi connectivity index (χ1n) is 35.2. The largest absolute Gasteiger partial charge is 0.472 e. The summed E-state index contributed by atoms with van der Waals surface area (Å²) in [4.78, 5) is 35.9. The van der Waals surface area contributed by atoms with Crippen molar-refractivity contribution >= 4 is 19.8 Å². The van der Waals surface area contributed by atoms with Gasteiger partial charge in [0.15, 0.2) is 6.10 Å². The van der Waals surface area contributed by atoms with Gasteiger partial charge in [-0.2, -0.15) is 0 Å². The number of hydrogen-bond donors (Lipinski definition) is 1. The average Bonchev–Trinajstić information content (AvgIpc) is 3.58. The molecule has 0 bridgehead atoms. The van der Waals surface area contributed by atoms with Crippen LogP contribution in [0.25, 0.3) is 0 Å². The van der Waals surface area contributed by atoms with Gasteiger partial charge in [0.05, 0.1) is 27.7 Å². The van der Waals surface area contributed by atoms with Gasteiger partial charge in [-0.25, -0.2) is 4.57 Å². The fraction of sp³-hybridized carbons (Fsp3) is 0.641. The van der Waals surface area contributed by atoms with Crippen molar-refractivity contribution in [2.24, 2.45) is 0 Å². The van der Waals surface area contributed by atoms with Gasteiger partial charge in [0.25, 0.3) is 0 Å². The van der Waals surface area contributed by atoms with Crippen molar-refractivity contribution in [3.05, 3.63) is 158 Å². The molecule has 2 atom stereocenters. The summed E-state index contributed by atoms with van der Waals surface area (Å²) in [6.07, 6.45) is 101. The molecule has 0 aliphatic carbocycles. The van der Waals surface area contributed by atoms with Crippen LogP contribution in [0.5, 0.6) is 0 Å². The third-order valence-corrected chi connectivity index (χ3v) is 15.5. The van der Waals surface area contributed by atoms with Crippen LogP contribution in [0.1, 0.15) is 271 Å². The third kappa shape index (κ3) is 70.7. The van der Waals surface area contributed by atoms with Gasteiger partial charge in [0.2, 0.25) is 0 Å². The van der Waals surface area contributed by atoms with Crippen LogP contribution in [-0.4, -0.2) is 74.9 Å². The number of allylic oxidation sites excluding steroid dienone is 26. The molecule has 0 saturated carbocycles. The first-order valence-corrected chi connectivity index (χ1v) is 36.7. The van der Waals surface area contributed by atoms with E-state index in [1.807, 2.05) is 21.1 Å². The molecule has 9 nitrogen and oxygen atoms in total. The van der Waals surface area contributed by atoms with Crippen molar-refractivity contribution in [1.82, 2.24) is 0 Å². The van der Waals surface area contributed by atoms with E-state index in [1.165, 1.54) is 116 Å². The van der Waals surface area contributed by atoms with E-state index in [0.717, 1.165) is 122 Å². The zero-order valence-corrected chi connectivity index (χ0v) is 57.8. The normalized spacial score (nSPS) is 14.1. The maximum Gasteiger partial charge on any atom is 0.472 e. The number of phosphoric ester groups is 1. The second kappa shape index (κ2) is 67.0. The van der Waals surface area contributed by atoms with Crippen LogP contribution in [0, 0.1) is 0 Å². The number of nitrogens with zero attached hydrogens (tertiary/aromatic N) is 1. The van der Waals surface area contributed by atoms with E-state index in [2.05, 4.69) is 172 Å². The maximum atomic E-state index is 12.9. The van der Waals surface area contributed by atoms with Crippen LogP contribution >= 0.6 is 7.82 Å². The molecule has 0 heterocycles. The van der Waals surface area contributed by atoms with Crippen molar-refractivity contribution in [2.45, 2.75) is 277 Å². The number of rotatable bonds is 63. The Morgan fingerprint density at radius 2 is 0.648 bits per heavy atom. The number of carbonyl (C=O) groups is 2. The minimum absolute atomic E-state index is 0.0216. The molecule has 1 N–H and O–H groups in total. The summed E-state index contributed by atoms with van der Waals surface area (Å²) in [6, 6.07) is 0. The first-order chi connectivity index (χ1) is 43.0. The van der Waals surface area contributed by atoms with Crippen LogP contribution in [-0.2, 0) is 32.7 Å². The topological polar surface area (TPSA) is 108 Å². The summed E-state index contributed by atoms with van der Waals surface area (Å²) in [7, 11) is 1.45. The van der Waals surface area contributed by atoms with Crippen molar-refractivity contribution < 1.29 is 42.1 Å². The number of ether oxygens (including phenoxy) is 2. The zero-order valence-electron chi connectivity index (χ0n) is 56.9. The van der Waals surface area contributed by atoms with E-state index in [-0.39, 0.29) is 32.0 Å². The number of phosphoric acid groups is 1. The van der Waals surface area contributed by atoms with E-state index in [9.17, 15) is 19.0 Å². The molecule has 0 aromatic carbocycles. The molecular formula is C78H131NO8P+. The van der Waals surface area contributed by atoms with Gasteiger partial charge >= 0.3 is 19.8 Å². The molecule has 0 fully saturated rings. The Morgan fingerprint density at radius 3 is 0.966 bits per heavy atom. The van der Waals surface area contributed by atoms with Crippen molar-refractivity contribution in [1.29, 1.82) is 0 Å². The second-order valence-electron chi connectivity index (χ2n) is 24.2. The molecule has 0 amide bonds. The molecule has 10 heteroatoms. The number of unbranched alkanes of at least 4 members (excludes halogenated alkanes) is 23. The number of likely N-dealkylation sites (N-methyl/N-ethyl adjacent to an activating group) is 1. The Kier molecular flexibility index (Phi) is 63.7. The average molecular weight is 1240 g/mol. The number of carbonyl (C=O) groups excluding carboxylic acids is 2. The summed E-state index contributed by atoms with van der Waals surface area (Å²) in [6.45, 7) is 4.29. The Labute approximate surface area is 541 Å². The van der Waals surface area contributed by atoms with E-state index in [0.29, 0.717) is 17.4 Å². The molecule has 0 aliphatic heterocycles. The van der Waals surface area contributed by atoms with Gasteiger partial charge < -0.3 is 18.9 Å². The number of quaternary nitrogens is 1. The lowest BCUT2D eigenvalue weighted by Crippen LogP contribution is -2.37. The molecule has 0 aromatic heterocycles. The number of hydrogen-bond acceptors (Lipinski definition) is 7. The van der Waals surface area contributed by atoms with E-state index >= 15 is 0 Å². The smallest absolute Gasteiger partial charge is 0.462 e. The minimum Gasteiger partial charge on any atom is -0.462 e. The highest BCUT2D eigenvalue weighted by Gasteiger charge is 2.27. The molecular weight excluding hydrogens is 1110 g/mol. The van der Waals surface area contributed by atoms with Gasteiger partial charge in [-0.15, -0.1) is 0 Å². The lowest BCUT2D eigenvalue weighted by Gasteiger charge is -2.24. The summed E-state index contributed by atoms with van der Waals surface area (Å²) in [5, 5.41) is 0. The molecule has 2 unspecified atom stereocenters. The Bertz CT molecular complexity index is 2040. The summed E-state index contributed by atoms with van der Waals surface area (Å²) in [5.74, 6) is -0.818. The molecule has 88 heavy (non-hydrogen) atoms. The van der Waals surface area contributed by atoms with Crippen LogP contribution in [0.15, 0.2) is 158 Å². The fourth-order valence-electron chi connectivity index (χ4n) is 9.17. The Balaban J connectivity index is 4.14. The van der Waals surface area contributed by atoms with Crippen molar-refractivity contribution in [2.75, 3.05) is 47.5 Å². The van der Waals surface area contributed by atoms with Crippen molar-refractivity contribution in [3.63, 3.8) is 0 Å². The lowest BCUT2D eigenvalue weighted by atomic mass is 10.0. The Morgan fingerprint density at radius 1 is 0.364 bits per heavy atom. The van der Waals surface area contributed by atoms with Gasteiger partial charge in [-0.3, -0.25) is 18.6 Å². The first kappa shape index (κ1) is 83.6. The standard InChI is InChI=1S/C78H130NO8P/c1-6-8-10-12-14-16-18-20-22-24-26-28-30-31-32-33-34-35-36-37-38-39-40-41-42-43-44-45-46-47-49-51-53-55-57-59-61-63-65-67-69-71-78(81)87-76(75-86-88(82,83)85-73-72-79(3,4)5)74-84-77(80)70-68-66-64-62-60-58-56-54-52-50-48-29-27-25-23-21-19-17-15-13-11-9-7-2/h8,10,14,16,19-22,25-28,31-32,34-35,37-38,40-41,43-44,46-47,51,53,76H,6-7,9,11-13,15,17-18,23-24,29-30,33,36,39,42,45,48-50,52,54-75H2,1-5H3/p+1/b10-8-,16-14-,21-19-,22-20-,27-25-,28-26-,32-31-,35-34-,38-37-,41-40-,44-43-,47-46-,53-51-. The molecule has 0 aliphatic rings. The van der Waals surface area contributed by atoms with Crippen LogP contribution < -0.4 is 0 Å². The molecule has 0 saturated heterocycles. The second-order valence-corrected chi connectivity index (χ2v) is 25.6. The Hall–Kier alpha value is -4.37. The quantitative estimate of drug-likeness (QED) is 0.0211. The zero-order chi connectivity index (χ0) is 64.1. The fourth-order valence-corrected chi connectivity index (χ4v) is 9.91. The molecule has 0 rings (SSSR count). The number of esters is 2. The van der Waals surface area contributed by atoms with Gasteiger partial charge in [0.1, 0.15) is 19.8 Å². The van der Waals surface area contributed by atoms with Gasteiger partial charge in [-0.05, 0) is 128 Å². The van der Waals surface area contributed by atoms with E-state index in [4.69, 9.17) is 18.5 Å². The minimum atomic E-state index is -4.41. The SMILES string of the molecule is CC/C=C\C/C=C\C/C=C\C/C=C\C/C=C\C/C=C\C/C=C\C/C=C\C/C=C\C/C=C\C/C=C\CCCCCCCCCC(=O)OC(COC(=O)CCCCCCCCCCCCC/C=C\C/C=C\CCCCCCC)COP(=O)(O)OCC[N+](C)(C)C. The van der Waals surface area contributed by atoms with E-state index in [1.54, 1.807) is 0 Å². The summed E-state index contributed by atoms with van der Waals surface area (Å²) < 4.78 is 34.7. The highest BCUT2D eigenvalue weighted by atomic mass is 31.2. The van der Waals surface area contributed by atoms with Gasteiger partial charge in [-0.1, -0.05) is 287 Å². The highest BCUT2D eigenvalue weighted by molar-refractivity contribution is 7.47. The lowest BCUT2D eigenvalue weighted by molar-refractivity contribution is -0.870. The predicted molar refractivity (Wildman–Crippen MR) is 380 cm³/mol. The monoisotopic (exact) mass is 1240 g/mol. The van der Waals surface area contributed by atoms with Crippen LogP contribution in [0.3, 0.4) is 0 Å². The molecule has 500 valence electrons. The van der Waals surface area contributed by atoms with E-state index < -0.39 is 26.5 Å². The van der Waals surface area contributed by atoms with Crippen LogP contribution in [0.4, 0.5) is 0 Å². The maximum absolute atomic E-state index is 12.9. The van der Waals surface area contributed by atoms with Gasteiger partial charge in [0, 0.05) is 12.8 Å². The molecule has 0 radical (unpaired) electrons. The molecule has 0 aromatic rings. The highest BCUT2D eigenvalue weighted by Crippen LogP contribution is 2.43. The van der Waals surface area contributed by atoms with Crippen LogP contribution in [0.2, 0.25) is 0 Å². The summed E-state index contributed by atoms with van der Waals surface area (Å²) >= 11 is 0.